The normalized spacial score (nSPS) is 23.5. The molecular formula is C29H50N2O4. The number of rotatable bonds is 8. The molecule has 0 spiro atoms. The summed E-state index contributed by atoms with van der Waals surface area (Å²) < 4.78 is 11.6. The van der Waals surface area contributed by atoms with Gasteiger partial charge in [-0.25, -0.2) is 0 Å². The van der Waals surface area contributed by atoms with E-state index in [0.717, 1.165) is 24.2 Å². The Hall–Kier alpha value is -1.98. The molecule has 2 heterocycles. The lowest BCUT2D eigenvalue weighted by Gasteiger charge is -2.57. The lowest BCUT2D eigenvalue weighted by atomic mass is 9.77. The van der Waals surface area contributed by atoms with Crippen LogP contribution in [0.5, 0.6) is 0 Å². The molecule has 0 radical (unpaired) electrons. The maximum atomic E-state index is 12.7. The third-order valence-electron chi connectivity index (χ3n) is 7.66. The molecule has 2 aliphatic rings. The van der Waals surface area contributed by atoms with Gasteiger partial charge >= 0.3 is 11.9 Å². The molecule has 6 nitrogen and oxygen atoms in total. The van der Waals surface area contributed by atoms with Gasteiger partial charge in [-0.3, -0.25) is 9.59 Å². The van der Waals surface area contributed by atoms with Crippen molar-refractivity contribution in [2.24, 2.45) is 0 Å². The van der Waals surface area contributed by atoms with Crippen LogP contribution in [0.1, 0.15) is 114 Å². The zero-order chi connectivity index (χ0) is 27.0. The minimum atomic E-state index is -0.510. The molecule has 200 valence electrons. The maximum absolute atomic E-state index is 12.7. The summed E-state index contributed by atoms with van der Waals surface area (Å²) in [7, 11) is 0. The molecule has 0 atom stereocenters. The van der Waals surface area contributed by atoms with Crippen LogP contribution >= 0.6 is 0 Å². The first-order valence-corrected chi connectivity index (χ1v) is 13.2. The van der Waals surface area contributed by atoms with Crippen LogP contribution in [0.25, 0.3) is 0 Å². The molecule has 0 bridgehead atoms. The van der Waals surface area contributed by atoms with Crippen LogP contribution < -0.4 is 0 Å². The number of likely N-dealkylation sites (tertiary alicyclic amines) is 2. The highest BCUT2D eigenvalue weighted by molar-refractivity contribution is 5.91. The Labute approximate surface area is 214 Å². The molecule has 0 amide bonds. The van der Waals surface area contributed by atoms with Gasteiger partial charge in [0.15, 0.2) is 0 Å². The van der Waals surface area contributed by atoms with Crippen LogP contribution in [0.2, 0.25) is 0 Å². The van der Waals surface area contributed by atoms with E-state index in [4.69, 9.17) is 9.47 Å². The van der Waals surface area contributed by atoms with Gasteiger partial charge < -0.3 is 19.3 Å². The van der Waals surface area contributed by atoms with Crippen molar-refractivity contribution >= 4 is 11.9 Å². The molecule has 0 aromatic rings. The number of ether oxygens (including phenoxy) is 2. The predicted molar refractivity (Wildman–Crippen MR) is 142 cm³/mol. The van der Waals surface area contributed by atoms with Gasteiger partial charge in [-0.15, -0.1) is 0 Å². The van der Waals surface area contributed by atoms with Crippen molar-refractivity contribution in [2.75, 3.05) is 0 Å². The quantitative estimate of drug-likeness (QED) is 0.292. The monoisotopic (exact) mass is 490 g/mol. The Kier molecular flexibility index (Phi) is 8.51. The molecule has 0 aliphatic carbocycles. The molecule has 6 heteroatoms. The van der Waals surface area contributed by atoms with Crippen molar-refractivity contribution in [3.63, 3.8) is 0 Å². The number of piperidine rings is 2. The number of esters is 2. The number of nitrogens with zero attached hydrogens (tertiary/aromatic N) is 2. The molecule has 2 rings (SSSR count). The first kappa shape index (κ1) is 29.3. The third kappa shape index (κ3) is 6.62. The second kappa shape index (κ2) is 10.2. The highest BCUT2D eigenvalue weighted by Gasteiger charge is 2.48. The van der Waals surface area contributed by atoms with Gasteiger partial charge in [0.1, 0.15) is 18.6 Å². The van der Waals surface area contributed by atoms with Crippen molar-refractivity contribution in [3.05, 3.63) is 24.6 Å². The van der Waals surface area contributed by atoms with Crippen LogP contribution in [-0.2, 0) is 19.1 Å². The Morgan fingerprint density at radius 2 is 0.914 bits per heavy atom. The summed E-state index contributed by atoms with van der Waals surface area (Å²) in [5.74, 6) is -1.02. The molecule has 2 fully saturated rings. The summed E-state index contributed by atoms with van der Waals surface area (Å²) in [5, 5.41) is 0. The lowest BCUT2D eigenvalue weighted by Crippen LogP contribution is -2.61. The largest absolute Gasteiger partial charge is 0.462 e. The van der Waals surface area contributed by atoms with Crippen molar-refractivity contribution in [3.8, 4) is 0 Å². The number of carbonyl (C=O) groups is 2. The fourth-order valence-corrected chi connectivity index (χ4v) is 7.14. The molecule has 0 N–H and O–H groups in total. The number of hydrogen-bond acceptors (Lipinski definition) is 6. The maximum Gasteiger partial charge on any atom is 0.317 e. The van der Waals surface area contributed by atoms with Gasteiger partial charge in [0, 0.05) is 59.2 Å². The average molecular weight is 491 g/mol. The van der Waals surface area contributed by atoms with Crippen molar-refractivity contribution in [1.29, 1.82) is 0 Å². The van der Waals surface area contributed by atoms with E-state index < -0.39 is 11.9 Å². The van der Waals surface area contributed by atoms with E-state index in [2.05, 4.69) is 92.2 Å². The van der Waals surface area contributed by atoms with Crippen molar-refractivity contribution in [1.82, 2.24) is 9.80 Å². The third-order valence-corrected chi connectivity index (χ3v) is 7.66. The summed E-state index contributed by atoms with van der Waals surface area (Å²) >= 11 is 0. The van der Waals surface area contributed by atoms with Crippen LogP contribution in [-0.4, -0.2) is 56.1 Å². The number of hydrogen-bond donors (Lipinski definition) is 0. The minimum Gasteiger partial charge on any atom is -0.462 e. The highest BCUT2D eigenvalue weighted by Crippen LogP contribution is 2.44. The lowest BCUT2D eigenvalue weighted by molar-refractivity contribution is -0.169. The SMILES string of the molecule is C=C(CC)N1C(C)(C)CC(OC(=O)CC(=O)OC2CC(C)(C)N(C(=C)CC)C(C)(C)C2)CC1(C)C. The molecule has 0 unspecified atom stereocenters. The second-order valence-electron chi connectivity index (χ2n) is 13.0. The van der Waals surface area contributed by atoms with E-state index in [1.807, 2.05) is 0 Å². The summed E-state index contributed by atoms with van der Waals surface area (Å²) in [6.07, 6.45) is 3.67. The predicted octanol–water partition coefficient (Wildman–Crippen LogP) is 6.35. The summed E-state index contributed by atoms with van der Waals surface area (Å²) in [6.45, 7) is 30.0. The van der Waals surface area contributed by atoms with E-state index in [1.54, 1.807) is 0 Å². The van der Waals surface area contributed by atoms with Crippen molar-refractivity contribution in [2.45, 2.75) is 149 Å². The van der Waals surface area contributed by atoms with E-state index in [-0.39, 0.29) is 40.8 Å². The van der Waals surface area contributed by atoms with Crippen LogP contribution in [0.4, 0.5) is 0 Å². The van der Waals surface area contributed by atoms with Crippen LogP contribution in [0.15, 0.2) is 24.6 Å². The zero-order valence-electron chi connectivity index (χ0n) is 24.0. The minimum absolute atomic E-state index is 0.200. The number of carbonyl (C=O) groups excluding carboxylic acids is 2. The zero-order valence-corrected chi connectivity index (χ0v) is 24.0. The van der Waals surface area contributed by atoms with Gasteiger partial charge in [0.25, 0.3) is 0 Å². The molecule has 35 heavy (non-hydrogen) atoms. The molecule has 0 aromatic carbocycles. The highest BCUT2D eigenvalue weighted by atomic mass is 16.6. The van der Waals surface area contributed by atoms with Crippen molar-refractivity contribution < 1.29 is 19.1 Å². The molecular weight excluding hydrogens is 440 g/mol. The smallest absolute Gasteiger partial charge is 0.317 e. The van der Waals surface area contributed by atoms with Gasteiger partial charge in [-0.2, -0.15) is 0 Å². The summed E-state index contributed by atoms with van der Waals surface area (Å²) in [5.41, 5.74) is 1.38. The molecule has 0 saturated carbocycles. The van der Waals surface area contributed by atoms with Crippen LogP contribution in [0, 0.1) is 0 Å². The fourth-order valence-electron chi connectivity index (χ4n) is 7.14. The standard InChI is InChI=1S/C29H50N2O4/c1-13-20(3)30-26(5,6)16-22(17-27(30,7)8)34-24(32)15-25(33)35-23-18-28(9,10)31(21(4)14-2)29(11,12)19-23/h22-23H,3-4,13-19H2,1-2,5-12H3. The van der Waals surface area contributed by atoms with E-state index in [0.29, 0.717) is 25.7 Å². The first-order valence-electron chi connectivity index (χ1n) is 13.2. The fraction of sp³-hybridized carbons (Fsp3) is 0.793. The second-order valence-corrected chi connectivity index (χ2v) is 13.0. The van der Waals surface area contributed by atoms with E-state index in [9.17, 15) is 9.59 Å². The molecule has 2 saturated heterocycles. The van der Waals surface area contributed by atoms with Gasteiger partial charge in [-0.05, 0) is 68.2 Å². The van der Waals surface area contributed by atoms with E-state index >= 15 is 0 Å². The van der Waals surface area contributed by atoms with Crippen LogP contribution in [0.3, 0.4) is 0 Å². The number of allylic oxidation sites excluding steroid dienone is 2. The Morgan fingerprint density at radius 3 is 1.14 bits per heavy atom. The average Bonchev–Trinajstić information content (AvgIpc) is 2.62. The Bertz CT molecular complexity index is 736. The summed E-state index contributed by atoms with van der Waals surface area (Å²) in [4.78, 5) is 30.2. The van der Waals surface area contributed by atoms with Gasteiger partial charge in [-0.1, -0.05) is 27.0 Å². The molecule has 0 aromatic heterocycles. The first-order chi connectivity index (χ1) is 15.9. The molecule has 2 aliphatic heterocycles. The summed E-state index contributed by atoms with van der Waals surface area (Å²) in [6, 6.07) is 0. The van der Waals surface area contributed by atoms with Gasteiger partial charge in [0.05, 0.1) is 0 Å². The van der Waals surface area contributed by atoms with Gasteiger partial charge in [0.2, 0.25) is 0 Å². The van der Waals surface area contributed by atoms with E-state index in [1.165, 1.54) is 0 Å². The topological polar surface area (TPSA) is 59.1 Å². The Morgan fingerprint density at radius 1 is 0.657 bits per heavy atom. The Balaban J connectivity index is 1.98.